The number of rotatable bonds is 7. The SMILES string of the molecule is Clc1ccccc1CNCc1c(OCc2ccccc2Cl)ccc2ccccc12. The maximum Gasteiger partial charge on any atom is 0.124 e. The number of ether oxygens (including phenoxy) is 1. The highest BCUT2D eigenvalue weighted by molar-refractivity contribution is 6.31. The van der Waals surface area contributed by atoms with Gasteiger partial charge in [0.2, 0.25) is 0 Å². The monoisotopic (exact) mass is 421 g/mol. The summed E-state index contributed by atoms with van der Waals surface area (Å²) >= 11 is 12.6. The lowest BCUT2D eigenvalue weighted by Gasteiger charge is -2.16. The average Bonchev–Trinajstić information content (AvgIpc) is 2.75. The van der Waals surface area contributed by atoms with Crippen molar-refractivity contribution in [2.45, 2.75) is 19.7 Å². The summed E-state index contributed by atoms with van der Waals surface area (Å²) in [6.45, 7) is 1.78. The maximum absolute atomic E-state index is 6.29. The Bertz CT molecular complexity index is 1130. The van der Waals surface area contributed by atoms with Gasteiger partial charge in [0, 0.05) is 34.3 Å². The number of nitrogens with one attached hydrogen (secondary N) is 1. The number of fused-ring (bicyclic) bond motifs is 1. The fourth-order valence-corrected chi connectivity index (χ4v) is 3.76. The van der Waals surface area contributed by atoms with Crippen molar-refractivity contribution in [1.82, 2.24) is 5.32 Å². The molecule has 29 heavy (non-hydrogen) atoms. The van der Waals surface area contributed by atoms with Crippen LogP contribution in [0, 0.1) is 0 Å². The quantitative estimate of drug-likeness (QED) is 0.346. The Hall–Kier alpha value is -2.52. The van der Waals surface area contributed by atoms with Crippen LogP contribution in [0.2, 0.25) is 10.0 Å². The molecule has 4 aromatic carbocycles. The van der Waals surface area contributed by atoms with E-state index in [9.17, 15) is 0 Å². The molecule has 0 fully saturated rings. The van der Waals surface area contributed by atoms with Crippen LogP contribution < -0.4 is 10.1 Å². The third kappa shape index (κ3) is 4.73. The molecule has 0 atom stereocenters. The van der Waals surface area contributed by atoms with Gasteiger partial charge in [0.15, 0.2) is 0 Å². The molecule has 4 aromatic rings. The van der Waals surface area contributed by atoms with Crippen molar-refractivity contribution < 1.29 is 4.74 Å². The van der Waals surface area contributed by atoms with Gasteiger partial charge in [0.05, 0.1) is 0 Å². The van der Waals surface area contributed by atoms with Gasteiger partial charge in [-0.05, 0) is 34.5 Å². The highest BCUT2D eigenvalue weighted by atomic mass is 35.5. The first-order chi connectivity index (χ1) is 14.2. The molecule has 0 heterocycles. The number of hydrogen-bond donors (Lipinski definition) is 1. The van der Waals surface area contributed by atoms with E-state index >= 15 is 0 Å². The third-order valence-corrected chi connectivity index (χ3v) is 5.65. The molecule has 2 nitrogen and oxygen atoms in total. The molecule has 0 aliphatic heterocycles. The molecule has 1 N–H and O–H groups in total. The summed E-state index contributed by atoms with van der Waals surface area (Å²) in [6.07, 6.45) is 0. The Morgan fingerprint density at radius 2 is 1.31 bits per heavy atom. The summed E-state index contributed by atoms with van der Waals surface area (Å²) in [5.41, 5.74) is 3.17. The lowest BCUT2D eigenvalue weighted by atomic mass is 10.0. The second-order valence-electron chi connectivity index (χ2n) is 6.84. The van der Waals surface area contributed by atoms with Crippen LogP contribution in [0.1, 0.15) is 16.7 Å². The van der Waals surface area contributed by atoms with Gasteiger partial charge in [0.25, 0.3) is 0 Å². The minimum absolute atomic E-state index is 0.426. The van der Waals surface area contributed by atoms with E-state index in [0.717, 1.165) is 27.5 Å². The van der Waals surface area contributed by atoms with Crippen molar-refractivity contribution in [2.75, 3.05) is 0 Å². The molecule has 4 heteroatoms. The number of halogens is 2. The van der Waals surface area contributed by atoms with Crippen molar-refractivity contribution in [3.8, 4) is 5.75 Å². The minimum Gasteiger partial charge on any atom is -0.488 e. The highest BCUT2D eigenvalue weighted by Gasteiger charge is 2.10. The van der Waals surface area contributed by atoms with Gasteiger partial charge < -0.3 is 10.1 Å². The molecule has 0 spiro atoms. The summed E-state index contributed by atoms with van der Waals surface area (Å²) in [5.74, 6) is 0.857. The van der Waals surface area contributed by atoms with Crippen molar-refractivity contribution in [3.63, 3.8) is 0 Å². The van der Waals surface area contributed by atoms with Crippen LogP contribution in [0.5, 0.6) is 5.75 Å². The zero-order valence-electron chi connectivity index (χ0n) is 15.9. The first kappa shape index (κ1) is 19.8. The summed E-state index contributed by atoms with van der Waals surface area (Å²) in [7, 11) is 0. The summed E-state index contributed by atoms with van der Waals surface area (Å²) in [6, 6.07) is 28.1. The standard InChI is InChI=1S/C25H21Cl2NO/c26-23-11-5-2-8-19(23)15-28-16-22-21-10-4-1-7-18(21)13-14-25(22)29-17-20-9-3-6-12-24(20)27/h1-14,28H,15-17H2. The Morgan fingerprint density at radius 3 is 2.07 bits per heavy atom. The van der Waals surface area contributed by atoms with Crippen LogP contribution in [0.15, 0.2) is 84.9 Å². The predicted molar refractivity (Wildman–Crippen MR) is 122 cm³/mol. The van der Waals surface area contributed by atoms with E-state index in [4.69, 9.17) is 27.9 Å². The molecule has 0 saturated carbocycles. The lowest BCUT2D eigenvalue weighted by molar-refractivity contribution is 0.303. The fraction of sp³-hybridized carbons (Fsp3) is 0.120. The van der Waals surface area contributed by atoms with E-state index in [1.54, 1.807) is 0 Å². The zero-order valence-corrected chi connectivity index (χ0v) is 17.4. The molecule has 0 radical (unpaired) electrons. The number of benzene rings is 4. The van der Waals surface area contributed by atoms with Gasteiger partial charge in [-0.2, -0.15) is 0 Å². The van der Waals surface area contributed by atoms with Gasteiger partial charge in [-0.1, -0.05) is 89.9 Å². The largest absolute Gasteiger partial charge is 0.488 e. The molecule has 0 aromatic heterocycles. The minimum atomic E-state index is 0.426. The van der Waals surface area contributed by atoms with Crippen LogP contribution in [0.3, 0.4) is 0 Å². The first-order valence-corrected chi connectivity index (χ1v) is 10.3. The molecule has 0 unspecified atom stereocenters. The average molecular weight is 422 g/mol. The van der Waals surface area contributed by atoms with Gasteiger partial charge in [-0.3, -0.25) is 0 Å². The lowest BCUT2D eigenvalue weighted by Crippen LogP contribution is -2.14. The maximum atomic E-state index is 6.29. The molecule has 4 rings (SSSR count). The van der Waals surface area contributed by atoms with E-state index in [1.165, 1.54) is 10.8 Å². The van der Waals surface area contributed by atoms with Crippen LogP contribution in [0.4, 0.5) is 0 Å². The van der Waals surface area contributed by atoms with Crippen molar-refractivity contribution in [3.05, 3.63) is 112 Å². The van der Waals surface area contributed by atoms with Crippen LogP contribution in [-0.2, 0) is 19.7 Å². The summed E-state index contributed by atoms with van der Waals surface area (Å²) < 4.78 is 6.19. The summed E-state index contributed by atoms with van der Waals surface area (Å²) in [5, 5.41) is 7.36. The van der Waals surface area contributed by atoms with E-state index in [2.05, 4.69) is 29.6 Å². The second kappa shape index (κ2) is 9.32. The molecular formula is C25H21Cl2NO. The van der Waals surface area contributed by atoms with Crippen LogP contribution in [0.25, 0.3) is 10.8 Å². The highest BCUT2D eigenvalue weighted by Crippen LogP contribution is 2.29. The van der Waals surface area contributed by atoms with Gasteiger partial charge >= 0.3 is 0 Å². The van der Waals surface area contributed by atoms with Crippen molar-refractivity contribution in [1.29, 1.82) is 0 Å². The smallest absolute Gasteiger partial charge is 0.124 e. The zero-order chi connectivity index (χ0) is 20.1. The molecule has 0 amide bonds. The normalized spacial score (nSPS) is 11.0. The predicted octanol–water partition coefficient (Wildman–Crippen LogP) is 7.02. The molecule has 0 aliphatic rings. The summed E-state index contributed by atoms with van der Waals surface area (Å²) in [4.78, 5) is 0. The third-order valence-electron chi connectivity index (χ3n) is 4.91. The van der Waals surface area contributed by atoms with Crippen LogP contribution in [-0.4, -0.2) is 0 Å². The Labute approximate surface area is 181 Å². The number of hydrogen-bond acceptors (Lipinski definition) is 2. The van der Waals surface area contributed by atoms with Gasteiger partial charge in [0.1, 0.15) is 12.4 Å². The van der Waals surface area contributed by atoms with E-state index in [0.29, 0.717) is 24.7 Å². The molecule has 0 saturated heterocycles. The topological polar surface area (TPSA) is 21.3 Å². The van der Waals surface area contributed by atoms with Crippen molar-refractivity contribution in [2.24, 2.45) is 0 Å². The van der Waals surface area contributed by atoms with E-state index in [1.807, 2.05) is 60.7 Å². The fourth-order valence-electron chi connectivity index (χ4n) is 3.37. The molecular weight excluding hydrogens is 401 g/mol. The van der Waals surface area contributed by atoms with Crippen LogP contribution >= 0.6 is 23.2 Å². The van der Waals surface area contributed by atoms with Gasteiger partial charge in [-0.15, -0.1) is 0 Å². The van der Waals surface area contributed by atoms with Crippen molar-refractivity contribution >= 4 is 34.0 Å². The van der Waals surface area contributed by atoms with E-state index in [-0.39, 0.29) is 0 Å². The Morgan fingerprint density at radius 1 is 0.655 bits per heavy atom. The molecule has 0 bridgehead atoms. The Balaban J connectivity index is 1.57. The molecule has 0 aliphatic carbocycles. The molecule has 146 valence electrons. The van der Waals surface area contributed by atoms with Gasteiger partial charge in [-0.25, -0.2) is 0 Å². The second-order valence-corrected chi connectivity index (χ2v) is 7.65. The Kier molecular flexibility index (Phi) is 6.36. The van der Waals surface area contributed by atoms with E-state index < -0.39 is 0 Å². The first-order valence-electron chi connectivity index (χ1n) is 9.53.